The van der Waals surface area contributed by atoms with E-state index in [1.807, 2.05) is 6.92 Å². The zero-order valence-electron chi connectivity index (χ0n) is 17.8. The number of halogens is 4. The zero-order valence-corrected chi connectivity index (χ0v) is 18.5. The van der Waals surface area contributed by atoms with E-state index in [9.17, 15) is 27.9 Å². The van der Waals surface area contributed by atoms with Crippen LogP contribution >= 0.6 is 11.6 Å². The number of aliphatic hydroxyl groups is 1. The third-order valence-electron chi connectivity index (χ3n) is 4.80. The van der Waals surface area contributed by atoms with E-state index in [1.54, 1.807) is 20.8 Å². The summed E-state index contributed by atoms with van der Waals surface area (Å²) in [6, 6.07) is 1.01. The van der Waals surface area contributed by atoms with E-state index in [0.29, 0.717) is 6.42 Å². The van der Waals surface area contributed by atoms with Gasteiger partial charge in [-0.05, 0) is 45.4 Å². The maximum Gasteiger partial charge on any atom is 0.418 e. The van der Waals surface area contributed by atoms with Crippen molar-refractivity contribution in [3.05, 3.63) is 28.8 Å². The highest BCUT2D eigenvalue weighted by Crippen LogP contribution is 2.36. The Bertz CT molecular complexity index is 814. The second kappa shape index (κ2) is 9.52. The van der Waals surface area contributed by atoms with Gasteiger partial charge in [-0.3, -0.25) is 0 Å². The molecule has 1 aliphatic heterocycles. The molecule has 0 spiro atoms. The molecule has 174 valence electrons. The number of aliphatic hydroxyl groups excluding tert-OH is 1. The number of carbonyl (C=O) groups is 2. The fourth-order valence-corrected chi connectivity index (χ4v) is 3.47. The third-order valence-corrected chi connectivity index (χ3v) is 5.03. The summed E-state index contributed by atoms with van der Waals surface area (Å²) < 4.78 is 45.4. The number of nitrogens with one attached hydrogen (secondary N) is 1. The highest BCUT2D eigenvalue weighted by Gasteiger charge is 2.40. The van der Waals surface area contributed by atoms with Crippen LogP contribution < -0.4 is 5.32 Å². The largest absolute Gasteiger partial charge is 0.444 e. The van der Waals surface area contributed by atoms with Gasteiger partial charge in [0.2, 0.25) is 0 Å². The number of carbonyl (C=O) groups excluding carboxylic acids is 2. The molecule has 1 aromatic rings. The molecule has 1 aromatic carbocycles. The number of piperazine rings is 1. The molecule has 0 radical (unpaired) electrons. The number of rotatable bonds is 3. The summed E-state index contributed by atoms with van der Waals surface area (Å²) in [5, 5.41) is 11.9. The third kappa shape index (κ3) is 6.39. The number of anilines is 1. The molecule has 0 aromatic heterocycles. The van der Waals surface area contributed by atoms with Crippen molar-refractivity contribution in [3.63, 3.8) is 0 Å². The number of hydrogen-bond acceptors (Lipinski definition) is 4. The van der Waals surface area contributed by atoms with Gasteiger partial charge >= 0.3 is 18.3 Å². The molecule has 1 heterocycles. The molecule has 2 rings (SSSR count). The Morgan fingerprint density at radius 1 is 1.19 bits per heavy atom. The Morgan fingerprint density at radius 3 is 2.32 bits per heavy atom. The van der Waals surface area contributed by atoms with Crippen molar-refractivity contribution in [2.24, 2.45) is 0 Å². The normalized spacial score (nSPS) is 19.9. The van der Waals surface area contributed by atoms with Crippen LogP contribution in [0.15, 0.2) is 18.2 Å². The second-order valence-electron chi connectivity index (χ2n) is 8.30. The predicted octanol–water partition coefficient (Wildman–Crippen LogP) is 4.58. The number of alkyl halides is 3. The smallest absolute Gasteiger partial charge is 0.418 e. The van der Waals surface area contributed by atoms with E-state index in [-0.39, 0.29) is 18.1 Å². The summed E-state index contributed by atoms with van der Waals surface area (Å²) in [7, 11) is 0. The Morgan fingerprint density at radius 2 is 1.81 bits per heavy atom. The molecule has 0 aliphatic carbocycles. The lowest BCUT2D eigenvalue weighted by molar-refractivity contribution is -0.136. The Hall–Kier alpha value is -2.20. The molecule has 3 amide bonds. The number of amides is 3. The van der Waals surface area contributed by atoms with Gasteiger partial charge in [-0.1, -0.05) is 18.5 Å². The fraction of sp³-hybridized carbons (Fsp3) is 0.600. The molecule has 1 aliphatic rings. The number of urea groups is 1. The van der Waals surface area contributed by atoms with Crippen LogP contribution in [0, 0.1) is 0 Å². The van der Waals surface area contributed by atoms with Gasteiger partial charge in [0, 0.05) is 18.1 Å². The monoisotopic (exact) mass is 465 g/mol. The second-order valence-corrected chi connectivity index (χ2v) is 8.74. The van der Waals surface area contributed by atoms with Crippen LogP contribution in [0.5, 0.6) is 0 Å². The van der Waals surface area contributed by atoms with Crippen LogP contribution in [-0.2, 0) is 10.9 Å². The van der Waals surface area contributed by atoms with Crippen molar-refractivity contribution >= 4 is 29.4 Å². The molecular formula is C20H27ClF3N3O4. The van der Waals surface area contributed by atoms with Crippen LogP contribution in [0.2, 0.25) is 5.02 Å². The van der Waals surface area contributed by atoms with Crippen LogP contribution in [0.3, 0.4) is 0 Å². The van der Waals surface area contributed by atoms with Gasteiger partial charge in [-0.2, -0.15) is 13.2 Å². The first-order valence-corrected chi connectivity index (χ1v) is 10.2. The van der Waals surface area contributed by atoms with Gasteiger partial charge in [-0.15, -0.1) is 0 Å². The molecule has 0 bridgehead atoms. The van der Waals surface area contributed by atoms with Gasteiger partial charge in [0.25, 0.3) is 0 Å². The average molecular weight is 466 g/mol. The molecular weight excluding hydrogens is 439 g/mol. The van der Waals surface area contributed by atoms with E-state index < -0.39 is 53.8 Å². The topological polar surface area (TPSA) is 82.1 Å². The Kier molecular flexibility index (Phi) is 7.70. The minimum atomic E-state index is -4.72. The minimum Gasteiger partial charge on any atom is -0.444 e. The minimum absolute atomic E-state index is 0.00984. The lowest BCUT2D eigenvalue weighted by Crippen LogP contribution is -2.63. The van der Waals surface area contributed by atoms with E-state index in [4.69, 9.17) is 16.3 Å². The zero-order chi connectivity index (χ0) is 23.6. The molecule has 31 heavy (non-hydrogen) atoms. The summed E-state index contributed by atoms with van der Waals surface area (Å²) >= 11 is 5.68. The van der Waals surface area contributed by atoms with Crippen LogP contribution in [0.4, 0.5) is 28.4 Å². The Balaban J connectivity index is 2.23. The molecule has 1 saturated heterocycles. The molecule has 2 atom stereocenters. The maximum atomic E-state index is 13.3. The van der Waals surface area contributed by atoms with Gasteiger partial charge in [0.15, 0.2) is 0 Å². The first kappa shape index (κ1) is 25.1. The molecule has 0 unspecified atom stereocenters. The van der Waals surface area contributed by atoms with Gasteiger partial charge in [0.1, 0.15) is 5.60 Å². The van der Waals surface area contributed by atoms with Crippen molar-refractivity contribution < 1.29 is 32.6 Å². The molecule has 1 fully saturated rings. The summed E-state index contributed by atoms with van der Waals surface area (Å²) in [6.45, 7) is 6.54. The van der Waals surface area contributed by atoms with E-state index in [1.165, 1.54) is 15.9 Å². The van der Waals surface area contributed by atoms with Crippen molar-refractivity contribution in [2.75, 3.05) is 25.0 Å². The molecule has 2 N–H and O–H groups in total. The lowest BCUT2D eigenvalue weighted by Gasteiger charge is -2.45. The summed E-state index contributed by atoms with van der Waals surface area (Å²) in [5.41, 5.74) is -2.24. The van der Waals surface area contributed by atoms with E-state index in [0.717, 1.165) is 12.1 Å². The number of ether oxygens (including phenoxy) is 1. The molecule has 0 saturated carbocycles. The summed E-state index contributed by atoms with van der Waals surface area (Å²) in [4.78, 5) is 28.1. The first-order valence-electron chi connectivity index (χ1n) is 9.81. The molecule has 7 nitrogen and oxygen atoms in total. The van der Waals surface area contributed by atoms with Crippen molar-refractivity contribution in [2.45, 2.75) is 58.0 Å². The van der Waals surface area contributed by atoms with Crippen molar-refractivity contribution in [3.8, 4) is 0 Å². The first-order chi connectivity index (χ1) is 14.3. The van der Waals surface area contributed by atoms with E-state index in [2.05, 4.69) is 5.32 Å². The van der Waals surface area contributed by atoms with Gasteiger partial charge < -0.3 is 25.0 Å². The summed E-state index contributed by atoms with van der Waals surface area (Å²) in [6.07, 6.45) is -4.81. The highest BCUT2D eigenvalue weighted by molar-refractivity contribution is 6.30. The maximum absolute atomic E-state index is 13.3. The van der Waals surface area contributed by atoms with Crippen LogP contribution in [-0.4, -0.2) is 64.4 Å². The SMILES string of the molecule is CC[C@@H]1CN(C(=O)Nc2ccc(Cl)cc2C(F)(F)F)[C@H](CO)CN1C(=O)OC(C)(C)C. The van der Waals surface area contributed by atoms with Crippen LogP contribution in [0.1, 0.15) is 39.7 Å². The van der Waals surface area contributed by atoms with E-state index >= 15 is 0 Å². The predicted molar refractivity (Wildman–Crippen MR) is 110 cm³/mol. The number of benzene rings is 1. The van der Waals surface area contributed by atoms with Crippen molar-refractivity contribution in [1.29, 1.82) is 0 Å². The van der Waals surface area contributed by atoms with Crippen molar-refractivity contribution in [1.82, 2.24) is 9.80 Å². The average Bonchev–Trinajstić information content (AvgIpc) is 2.65. The quantitative estimate of drug-likeness (QED) is 0.684. The highest BCUT2D eigenvalue weighted by atomic mass is 35.5. The van der Waals surface area contributed by atoms with Gasteiger partial charge in [0.05, 0.1) is 29.9 Å². The standard InChI is InChI=1S/C20H27ClF3N3O4/c1-5-13-9-26(14(11-28)10-27(13)18(30)31-19(2,3)4)17(29)25-16-7-6-12(21)8-15(16)20(22,23)24/h6-8,13-14,28H,5,9-11H2,1-4H3,(H,25,29)/t13-,14+/m1/s1. The number of nitrogens with zero attached hydrogens (tertiary/aromatic N) is 2. The van der Waals surface area contributed by atoms with Gasteiger partial charge in [-0.25, -0.2) is 9.59 Å². The summed E-state index contributed by atoms with van der Waals surface area (Å²) in [5.74, 6) is 0. The molecule has 11 heteroatoms. The number of hydrogen-bond donors (Lipinski definition) is 2. The van der Waals surface area contributed by atoms with Crippen LogP contribution in [0.25, 0.3) is 0 Å². The Labute approximate surface area is 184 Å². The fourth-order valence-electron chi connectivity index (χ4n) is 3.30. The lowest BCUT2D eigenvalue weighted by atomic mass is 10.1.